The molecule has 0 fully saturated rings. The zero-order valence-corrected chi connectivity index (χ0v) is 31.8. The zero-order valence-electron chi connectivity index (χ0n) is 37.4. The Hall–Kier alpha value is -5.35. The number of furan rings is 1. The summed E-state index contributed by atoms with van der Waals surface area (Å²) in [6.45, 7) is 5.18. The number of hydrogen-bond acceptors (Lipinski definition) is 3. The number of rotatable bonds is 5. The van der Waals surface area contributed by atoms with E-state index in [1.165, 1.54) is 24.4 Å². The summed E-state index contributed by atoms with van der Waals surface area (Å²) in [6, 6.07) is 38.7. The van der Waals surface area contributed by atoms with Crippen LogP contribution in [0, 0.1) is 37.9 Å². The van der Waals surface area contributed by atoms with E-state index in [0.717, 1.165) is 27.5 Å². The molecule has 3 aromatic heterocycles. The van der Waals surface area contributed by atoms with Gasteiger partial charge in [0.2, 0.25) is 0 Å². The molecule has 0 spiro atoms. The molecule has 0 unspecified atom stereocenters. The van der Waals surface area contributed by atoms with E-state index < -0.39 is 25.5 Å². The van der Waals surface area contributed by atoms with E-state index in [0.29, 0.717) is 50.4 Å². The Kier molecular flexibility index (Phi) is 8.36. The van der Waals surface area contributed by atoms with E-state index >= 15 is 0 Å². The summed E-state index contributed by atoms with van der Waals surface area (Å²) < 4.78 is 82.6. The van der Waals surface area contributed by atoms with Gasteiger partial charge < -0.3 is 9.40 Å². The summed E-state index contributed by atoms with van der Waals surface area (Å²) in [5, 5.41) is 1.74. The van der Waals surface area contributed by atoms with Gasteiger partial charge >= 0.3 is 0 Å². The molecule has 53 heavy (non-hydrogen) atoms. The Morgan fingerprint density at radius 3 is 2.30 bits per heavy atom. The van der Waals surface area contributed by atoms with Crippen LogP contribution >= 0.6 is 0 Å². The molecular weight excluding hydrogens is 832 g/mol. The van der Waals surface area contributed by atoms with Crippen molar-refractivity contribution in [1.82, 2.24) is 9.97 Å². The molecule has 0 N–H and O–H groups in total. The van der Waals surface area contributed by atoms with Crippen molar-refractivity contribution in [2.24, 2.45) is 5.41 Å². The van der Waals surface area contributed by atoms with Gasteiger partial charge in [-0.2, -0.15) is 18.6 Å². The summed E-state index contributed by atoms with van der Waals surface area (Å²) in [5.74, 6) is -0.341. The Bertz CT molecular complexity index is 2810. The molecule has 3 nitrogen and oxygen atoms in total. The fourth-order valence-electron chi connectivity index (χ4n) is 6.12. The van der Waals surface area contributed by atoms with Gasteiger partial charge in [-0.3, -0.25) is 4.98 Å². The van der Waals surface area contributed by atoms with Crippen molar-refractivity contribution < 1.29 is 39.9 Å². The number of hydrogen-bond donors (Lipinski definition) is 0. The van der Waals surface area contributed by atoms with Gasteiger partial charge in [0, 0.05) is 60.6 Å². The maximum Gasteiger partial charge on any atom is 0.126 e. The largest absolute Gasteiger partial charge is 0.500 e. The summed E-state index contributed by atoms with van der Waals surface area (Å²) in [7, 11) is 0. The molecule has 0 saturated heterocycles. The van der Waals surface area contributed by atoms with Gasteiger partial charge in [-0.25, -0.2) is 4.39 Å². The van der Waals surface area contributed by atoms with Gasteiger partial charge in [-0.15, -0.1) is 29.8 Å². The molecule has 267 valence electrons. The average Bonchev–Trinajstić information content (AvgIpc) is 3.58. The fourth-order valence-corrected chi connectivity index (χ4v) is 6.12. The summed E-state index contributed by atoms with van der Waals surface area (Å²) in [4.78, 5) is 8.80. The molecule has 3 heterocycles. The van der Waals surface area contributed by atoms with E-state index in [2.05, 4.69) is 23.0 Å². The van der Waals surface area contributed by atoms with E-state index in [1.807, 2.05) is 99.6 Å². The summed E-state index contributed by atoms with van der Waals surface area (Å²) in [5.41, 5.74) is 8.06. The number of benzene rings is 5. The maximum atomic E-state index is 13.7. The second kappa shape index (κ2) is 15.7. The second-order valence-electron chi connectivity index (χ2n) is 13.6. The number of halogens is 1. The normalized spacial score (nSPS) is 14.2. The van der Waals surface area contributed by atoms with Crippen LogP contribution in [-0.4, -0.2) is 9.97 Å². The minimum absolute atomic E-state index is 0. The van der Waals surface area contributed by atoms with Crippen molar-refractivity contribution >= 4 is 21.9 Å². The van der Waals surface area contributed by atoms with Crippen LogP contribution in [-0.2, 0) is 26.5 Å². The van der Waals surface area contributed by atoms with E-state index in [1.54, 1.807) is 30.5 Å². The number of fused-ring (bicyclic) bond motifs is 3. The van der Waals surface area contributed by atoms with Crippen LogP contribution in [0.1, 0.15) is 54.0 Å². The molecule has 0 aliphatic rings. The Morgan fingerprint density at radius 1 is 0.774 bits per heavy atom. The Morgan fingerprint density at radius 2 is 1.58 bits per heavy atom. The minimum atomic E-state index is -2.28. The van der Waals surface area contributed by atoms with E-state index in [4.69, 9.17) is 15.4 Å². The SMILES string of the molecule is [2H]C([2H])([2H])c1ccc(-c2cc(-c3ccccc3)c(C([2H])([2H])[2H])cc2[CH2-])nc1.[2H]C([2H])(c1ccc(-c2ccnc(-c3[c-]ccc4c3oc3cc(F)ccc34)c2)cc1)C(C)(C)C.[Ir]. The third-order valence-corrected chi connectivity index (χ3v) is 8.52. The molecule has 5 aromatic carbocycles. The Balaban J connectivity index is 0.000000205. The molecule has 0 amide bonds. The van der Waals surface area contributed by atoms with Gasteiger partial charge in [-0.05, 0) is 82.0 Å². The molecule has 5 heteroatoms. The van der Waals surface area contributed by atoms with Crippen LogP contribution in [0.5, 0.6) is 0 Å². The summed E-state index contributed by atoms with van der Waals surface area (Å²) in [6.07, 6.45) is 1.62. The van der Waals surface area contributed by atoms with Crippen LogP contribution in [0.25, 0.3) is 66.7 Å². The minimum Gasteiger partial charge on any atom is -0.500 e. The third-order valence-electron chi connectivity index (χ3n) is 8.52. The van der Waals surface area contributed by atoms with Crippen molar-refractivity contribution in [1.29, 1.82) is 0 Å². The number of aryl methyl sites for hydroxylation is 2. The number of aromatic nitrogens is 2. The van der Waals surface area contributed by atoms with Crippen molar-refractivity contribution in [3.63, 3.8) is 0 Å². The Labute approximate surface area is 336 Å². The van der Waals surface area contributed by atoms with Crippen LogP contribution in [0.2, 0.25) is 0 Å². The van der Waals surface area contributed by atoms with E-state index in [9.17, 15) is 4.39 Å². The van der Waals surface area contributed by atoms with Crippen LogP contribution in [0.4, 0.5) is 4.39 Å². The topological polar surface area (TPSA) is 38.9 Å². The fraction of sp³-hybridized carbons (Fsp3) is 0.146. The van der Waals surface area contributed by atoms with Crippen LogP contribution < -0.4 is 0 Å². The van der Waals surface area contributed by atoms with Gasteiger partial charge in [0.25, 0.3) is 0 Å². The molecule has 0 bridgehead atoms. The number of pyridine rings is 2. The third kappa shape index (κ3) is 8.49. The first kappa shape index (κ1) is 28.2. The maximum absolute atomic E-state index is 13.7. The van der Waals surface area contributed by atoms with Gasteiger partial charge in [0.1, 0.15) is 11.4 Å². The van der Waals surface area contributed by atoms with Gasteiger partial charge in [-0.1, -0.05) is 111 Å². The predicted octanol–water partition coefficient (Wildman–Crippen LogP) is 13.1. The van der Waals surface area contributed by atoms with Crippen LogP contribution in [0.3, 0.4) is 0 Å². The average molecular weight is 881 g/mol. The molecule has 0 saturated carbocycles. The smallest absolute Gasteiger partial charge is 0.126 e. The van der Waals surface area contributed by atoms with Crippen LogP contribution in [0.15, 0.2) is 138 Å². The first-order valence-electron chi connectivity index (χ1n) is 20.8. The first-order valence-corrected chi connectivity index (χ1v) is 16.8. The first-order chi connectivity index (χ1) is 28.2. The van der Waals surface area contributed by atoms with E-state index in [-0.39, 0.29) is 37.0 Å². The number of nitrogens with zero attached hydrogens (tertiary/aromatic N) is 2. The van der Waals surface area contributed by atoms with Gasteiger partial charge in [0.15, 0.2) is 0 Å². The van der Waals surface area contributed by atoms with Crippen molar-refractivity contribution in [2.45, 2.75) is 40.8 Å². The molecule has 1 radical (unpaired) electrons. The molecule has 0 atom stereocenters. The van der Waals surface area contributed by atoms with Crippen molar-refractivity contribution in [2.75, 3.05) is 0 Å². The molecule has 8 rings (SSSR count). The quantitative estimate of drug-likeness (QED) is 0.162. The monoisotopic (exact) mass is 881 g/mol. The van der Waals surface area contributed by atoms with Crippen molar-refractivity contribution in [3.8, 4) is 44.8 Å². The molecular formula is C48H41FIrN2O-2. The summed E-state index contributed by atoms with van der Waals surface area (Å²) >= 11 is 0. The molecule has 0 aliphatic heterocycles. The van der Waals surface area contributed by atoms with Gasteiger partial charge in [0.05, 0.1) is 5.58 Å². The molecule has 8 aromatic rings. The zero-order chi connectivity index (χ0) is 43.2. The predicted molar refractivity (Wildman–Crippen MR) is 213 cm³/mol. The standard InChI is InChI=1S/C28H23FNO.C20H18N.Ir/c1-28(2,3)17-18-7-9-19(10-8-18)20-13-14-30-25(15-20)24-6-4-5-23-22-12-11-21(29)16-26(22)31-27(23)24;1-14-9-10-20(21-13-14)19-12-18(15(2)11-16(19)3)17-7-5-4-6-8-17;/h4-5,7-16H,17H2,1-3H3;4-13H,3H2,1-2H3;/q2*-1;/i17D2;1D3,2D3;. The van der Waals surface area contributed by atoms with Crippen molar-refractivity contribution in [3.05, 3.63) is 175 Å². The second-order valence-corrected chi connectivity index (χ2v) is 13.6. The molecule has 0 aliphatic carbocycles.